The Kier molecular flexibility index (Phi) is 6.45. The summed E-state index contributed by atoms with van der Waals surface area (Å²) >= 11 is 0. The fraction of sp³-hybridized carbons (Fsp3) is 0.533. The first-order valence-corrected chi connectivity index (χ1v) is 9.46. The SMILES string of the molecule is CCCCC(=O)Nc1ccc(S(=O)(=O)N2CCOCC2)cc1[N+](=O)[O-]. The van der Waals surface area contributed by atoms with Gasteiger partial charge in [-0.15, -0.1) is 0 Å². The minimum absolute atomic E-state index is 0.00738. The molecular formula is C15H21N3O6S. The zero-order chi connectivity index (χ0) is 18.4. The summed E-state index contributed by atoms with van der Waals surface area (Å²) in [5.74, 6) is -0.339. The molecule has 10 heteroatoms. The maximum Gasteiger partial charge on any atom is 0.294 e. The van der Waals surface area contributed by atoms with Gasteiger partial charge in [-0.3, -0.25) is 14.9 Å². The van der Waals surface area contributed by atoms with Crippen molar-refractivity contribution in [2.24, 2.45) is 0 Å². The maximum absolute atomic E-state index is 12.6. The molecule has 1 fully saturated rings. The lowest BCUT2D eigenvalue weighted by Crippen LogP contribution is -2.40. The number of nitro groups is 1. The van der Waals surface area contributed by atoms with E-state index in [2.05, 4.69) is 5.32 Å². The molecule has 1 heterocycles. The molecule has 1 amide bonds. The number of hydrogen-bond donors (Lipinski definition) is 1. The fourth-order valence-corrected chi connectivity index (χ4v) is 3.84. The molecule has 2 rings (SSSR count). The Morgan fingerprint density at radius 1 is 1.36 bits per heavy atom. The van der Waals surface area contributed by atoms with Gasteiger partial charge in [-0.25, -0.2) is 8.42 Å². The number of benzene rings is 1. The van der Waals surface area contributed by atoms with Crippen LogP contribution in [0.3, 0.4) is 0 Å². The van der Waals surface area contributed by atoms with Crippen LogP contribution in [-0.4, -0.2) is 49.9 Å². The van der Waals surface area contributed by atoms with E-state index in [1.54, 1.807) is 0 Å². The minimum atomic E-state index is -3.84. The molecule has 25 heavy (non-hydrogen) atoms. The molecule has 0 unspecified atom stereocenters. The summed E-state index contributed by atoms with van der Waals surface area (Å²) in [6, 6.07) is 3.52. The van der Waals surface area contributed by atoms with E-state index in [1.165, 1.54) is 16.4 Å². The molecule has 1 aromatic carbocycles. The van der Waals surface area contributed by atoms with Crippen molar-refractivity contribution in [3.05, 3.63) is 28.3 Å². The van der Waals surface area contributed by atoms with Crippen LogP contribution in [0.15, 0.2) is 23.1 Å². The number of nitro benzene ring substituents is 1. The van der Waals surface area contributed by atoms with Gasteiger partial charge in [0.15, 0.2) is 0 Å². The van der Waals surface area contributed by atoms with Gasteiger partial charge in [0.25, 0.3) is 5.69 Å². The number of carbonyl (C=O) groups is 1. The summed E-state index contributed by atoms with van der Waals surface area (Å²) in [6.07, 6.45) is 1.75. The topological polar surface area (TPSA) is 119 Å². The van der Waals surface area contributed by atoms with Gasteiger partial charge in [0.1, 0.15) is 5.69 Å². The fourth-order valence-electron chi connectivity index (χ4n) is 2.41. The third-order valence-electron chi connectivity index (χ3n) is 3.81. The minimum Gasteiger partial charge on any atom is -0.379 e. The van der Waals surface area contributed by atoms with E-state index in [0.29, 0.717) is 6.42 Å². The molecule has 138 valence electrons. The number of unbranched alkanes of at least 4 members (excludes halogenated alkanes) is 1. The second-order valence-corrected chi connectivity index (χ2v) is 7.54. The number of ether oxygens (including phenoxy) is 1. The second-order valence-electron chi connectivity index (χ2n) is 5.60. The number of nitrogens with one attached hydrogen (secondary N) is 1. The average molecular weight is 371 g/mol. The van der Waals surface area contributed by atoms with E-state index < -0.39 is 20.6 Å². The van der Waals surface area contributed by atoms with E-state index in [-0.39, 0.29) is 49.2 Å². The number of morpholine rings is 1. The Hall–Kier alpha value is -2.04. The molecule has 0 aromatic heterocycles. The van der Waals surface area contributed by atoms with Gasteiger partial charge >= 0.3 is 0 Å². The largest absolute Gasteiger partial charge is 0.379 e. The Bertz CT molecular complexity index is 744. The van der Waals surface area contributed by atoms with Crippen LogP contribution in [0.4, 0.5) is 11.4 Å². The van der Waals surface area contributed by atoms with Crippen LogP contribution < -0.4 is 5.32 Å². The highest BCUT2D eigenvalue weighted by atomic mass is 32.2. The predicted molar refractivity (Wildman–Crippen MR) is 90.8 cm³/mol. The molecule has 1 aliphatic rings. The Morgan fingerprint density at radius 2 is 2.04 bits per heavy atom. The highest BCUT2D eigenvalue weighted by molar-refractivity contribution is 7.89. The van der Waals surface area contributed by atoms with Crippen LogP contribution in [0.2, 0.25) is 0 Å². The zero-order valence-electron chi connectivity index (χ0n) is 13.9. The Balaban J connectivity index is 2.28. The zero-order valence-corrected chi connectivity index (χ0v) is 14.8. The van der Waals surface area contributed by atoms with Gasteiger partial charge in [-0.2, -0.15) is 4.31 Å². The predicted octanol–water partition coefficient (Wildman–Crippen LogP) is 1.74. The third kappa shape index (κ3) is 4.74. The van der Waals surface area contributed by atoms with Crippen molar-refractivity contribution >= 4 is 27.3 Å². The van der Waals surface area contributed by atoms with Crippen LogP contribution in [0.25, 0.3) is 0 Å². The molecule has 1 aliphatic heterocycles. The first-order chi connectivity index (χ1) is 11.9. The van der Waals surface area contributed by atoms with E-state index >= 15 is 0 Å². The Morgan fingerprint density at radius 3 is 2.64 bits per heavy atom. The van der Waals surface area contributed by atoms with Crippen LogP contribution in [0.5, 0.6) is 0 Å². The van der Waals surface area contributed by atoms with Crippen molar-refractivity contribution in [2.75, 3.05) is 31.6 Å². The first kappa shape index (κ1) is 19.3. The molecule has 0 saturated carbocycles. The lowest BCUT2D eigenvalue weighted by molar-refractivity contribution is -0.384. The molecular weight excluding hydrogens is 350 g/mol. The van der Waals surface area contributed by atoms with Crippen LogP contribution >= 0.6 is 0 Å². The number of sulfonamides is 1. The highest BCUT2D eigenvalue weighted by Crippen LogP contribution is 2.29. The van der Waals surface area contributed by atoms with Crippen LogP contribution in [-0.2, 0) is 19.6 Å². The monoisotopic (exact) mass is 371 g/mol. The molecule has 1 aromatic rings. The molecule has 0 radical (unpaired) electrons. The van der Waals surface area contributed by atoms with Crippen molar-refractivity contribution in [2.45, 2.75) is 31.1 Å². The van der Waals surface area contributed by atoms with Crippen molar-refractivity contribution in [1.29, 1.82) is 0 Å². The van der Waals surface area contributed by atoms with Gasteiger partial charge in [0.2, 0.25) is 15.9 Å². The third-order valence-corrected chi connectivity index (χ3v) is 5.70. The lowest BCUT2D eigenvalue weighted by atomic mass is 10.2. The van der Waals surface area contributed by atoms with Gasteiger partial charge in [0, 0.05) is 25.6 Å². The number of hydrogen-bond acceptors (Lipinski definition) is 6. The van der Waals surface area contributed by atoms with E-state index in [4.69, 9.17) is 4.74 Å². The van der Waals surface area contributed by atoms with Crippen molar-refractivity contribution in [3.8, 4) is 0 Å². The quantitative estimate of drug-likeness (QED) is 0.576. The number of amides is 1. The molecule has 0 atom stereocenters. The number of rotatable bonds is 7. The summed E-state index contributed by atoms with van der Waals surface area (Å²) in [7, 11) is -3.84. The van der Waals surface area contributed by atoms with E-state index in [9.17, 15) is 23.3 Å². The van der Waals surface area contributed by atoms with Crippen molar-refractivity contribution < 1.29 is 22.9 Å². The molecule has 0 bridgehead atoms. The van der Waals surface area contributed by atoms with Crippen molar-refractivity contribution in [3.63, 3.8) is 0 Å². The van der Waals surface area contributed by atoms with E-state index in [1.807, 2.05) is 6.92 Å². The summed E-state index contributed by atoms with van der Waals surface area (Å²) < 4.78 is 31.6. The molecule has 0 spiro atoms. The van der Waals surface area contributed by atoms with Crippen LogP contribution in [0.1, 0.15) is 26.2 Å². The standard InChI is InChI=1S/C15H21N3O6S/c1-2-3-4-15(19)16-13-6-5-12(11-14(13)18(20)21)25(22,23)17-7-9-24-10-8-17/h5-6,11H,2-4,7-10H2,1H3,(H,16,19). The van der Waals surface area contributed by atoms with Gasteiger partial charge in [-0.05, 0) is 18.6 Å². The van der Waals surface area contributed by atoms with Gasteiger partial charge in [0.05, 0.1) is 23.0 Å². The number of anilines is 1. The normalized spacial score (nSPS) is 15.7. The summed E-state index contributed by atoms with van der Waals surface area (Å²) in [6.45, 7) is 2.90. The number of carbonyl (C=O) groups excluding carboxylic acids is 1. The van der Waals surface area contributed by atoms with Crippen molar-refractivity contribution in [1.82, 2.24) is 4.31 Å². The smallest absolute Gasteiger partial charge is 0.294 e. The summed E-state index contributed by atoms with van der Waals surface area (Å²) in [5.41, 5.74) is -0.453. The molecule has 9 nitrogen and oxygen atoms in total. The Labute approximate surface area is 146 Å². The van der Waals surface area contributed by atoms with E-state index in [0.717, 1.165) is 12.5 Å². The van der Waals surface area contributed by atoms with Gasteiger partial charge in [-0.1, -0.05) is 13.3 Å². The molecule has 0 aliphatic carbocycles. The summed E-state index contributed by atoms with van der Waals surface area (Å²) in [5, 5.41) is 13.8. The highest BCUT2D eigenvalue weighted by Gasteiger charge is 2.29. The maximum atomic E-state index is 12.6. The molecule has 1 N–H and O–H groups in total. The molecule has 1 saturated heterocycles. The lowest BCUT2D eigenvalue weighted by Gasteiger charge is -2.26. The second kappa shape index (κ2) is 8.37. The first-order valence-electron chi connectivity index (χ1n) is 8.02. The summed E-state index contributed by atoms with van der Waals surface area (Å²) in [4.78, 5) is 22.2. The van der Waals surface area contributed by atoms with Crippen LogP contribution in [0, 0.1) is 10.1 Å². The number of nitrogens with zero attached hydrogens (tertiary/aromatic N) is 2. The van der Waals surface area contributed by atoms with Gasteiger partial charge < -0.3 is 10.1 Å². The average Bonchev–Trinajstić information content (AvgIpc) is 2.60.